The van der Waals surface area contributed by atoms with Crippen molar-refractivity contribution in [3.8, 4) is 0 Å². The summed E-state index contributed by atoms with van der Waals surface area (Å²) in [5.74, 6) is -0.443. The summed E-state index contributed by atoms with van der Waals surface area (Å²) in [7, 11) is 0. The molecule has 0 aliphatic carbocycles. The monoisotopic (exact) mass is 180 g/mol. The Hall–Kier alpha value is -2.11. The van der Waals surface area contributed by atoms with Gasteiger partial charge in [0, 0.05) is 18.0 Å². The number of primary amides is 1. The molecule has 0 bridgehead atoms. The normalized spacial score (nSPS) is 8.92. The van der Waals surface area contributed by atoms with Crippen molar-refractivity contribution in [2.24, 2.45) is 5.73 Å². The number of carbonyl (C=O) groups excluding carboxylic acids is 2. The Morgan fingerprint density at radius 3 is 2.38 bits per heavy atom. The highest BCUT2D eigenvalue weighted by Gasteiger charge is 2.03. The Kier molecular flexibility index (Phi) is 2.80. The number of aromatic nitrogens is 1. The predicted molar refractivity (Wildman–Crippen MR) is 44.4 cm³/mol. The molecule has 0 aliphatic heterocycles. The first kappa shape index (κ1) is 8.98. The van der Waals surface area contributed by atoms with Gasteiger partial charge in [-0.2, -0.15) is 0 Å². The second-order valence-electron chi connectivity index (χ2n) is 2.18. The maximum Gasteiger partial charge on any atom is 0.330 e. The summed E-state index contributed by atoms with van der Waals surface area (Å²) in [6, 6.07) is 2.21. The van der Waals surface area contributed by atoms with Crippen molar-refractivity contribution in [3.63, 3.8) is 0 Å². The Morgan fingerprint density at radius 2 is 1.85 bits per heavy atom. The van der Waals surface area contributed by atoms with Crippen LogP contribution in [0, 0.1) is 0 Å². The van der Waals surface area contributed by atoms with E-state index >= 15 is 0 Å². The zero-order valence-electron chi connectivity index (χ0n) is 6.65. The van der Waals surface area contributed by atoms with Gasteiger partial charge in [0.05, 0.1) is 0 Å². The lowest BCUT2D eigenvalue weighted by Gasteiger charge is -2.03. The standard InChI is InChI=1S/C7H8N4O2/c8-7(13)11-10-6(12)5-1-3-9-4-2-5/h1-4H,(H,10,12)(H3,8,11,13). The van der Waals surface area contributed by atoms with Gasteiger partial charge in [0.25, 0.3) is 5.91 Å². The molecule has 1 aromatic rings. The molecule has 0 spiro atoms. The number of nitrogens with one attached hydrogen (secondary N) is 2. The van der Waals surface area contributed by atoms with E-state index in [0.717, 1.165) is 0 Å². The van der Waals surface area contributed by atoms with E-state index < -0.39 is 11.9 Å². The molecule has 0 saturated heterocycles. The average molecular weight is 180 g/mol. The Labute approximate surface area is 74.1 Å². The van der Waals surface area contributed by atoms with E-state index in [1.165, 1.54) is 24.5 Å². The lowest BCUT2D eigenvalue weighted by molar-refractivity contribution is 0.0937. The fraction of sp³-hybridized carbons (Fsp3) is 0. The summed E-state index contributed by atoms with van der Waals surface area (Å²) in [4.78, 5) is 25.1. The van der Waals surface area contributed by atoms with Crippen molar-refractivity contribution in [3.05, 3.63) is 30.1 Å². The van der Waals surface area contributed by atoms with E-state index in [1.54, 1.807) is 0 Å². The molecule has 0 aliphatic rings. The zero-order chi connectivity index (χ0) is 9.68. The number of nitrogens with zero attached hydrogens (tertiary/aromatic N) is 1. The first-order valence-electron chi connectivity index (χ1n) is 3.46. The SMILES string of the molecule is NC(=O)NNC(=O)c1ccncc1. The molecule has 0 fully saturated rings. The molecule has 4 N–H and O–H groups in total. The Bertz CT molecular complexity index is 312. The topological polar surface area (TPSA) is 97.1 Å². The van der Waals surface area contributed by atoms with Crippen LogP contribution in [0.5, 0.6) is 0 Å². The number of amides is 3. The van der Waals surface area contributed by atoms with Crippen molar-refractivity contribution in [2.75, 3.05) is 0 Å². The van der Waals surface area contributed by atoms with Crippen LogP contribution in [0.3, 0.4) is 0 Å². The van der Waals surface area contributed by atoms with Gasteiger partial charge in [-0.15, -0.1) is 0 Å². The number of urea groups is 1. The van der Waals surface area contributed by atoms with E-state index in [2.05, 4.69) is 10.4 Å². The number of carbonyl (C=O) groups is 2. The van der Waals surface area contributed by atoms with E-state index in [9.17, 15) is 9.59 Å². The van der Waals surface area contributed by atoms with Gasteiger partial charge < -0.3 is 5.73 Å². The minimum Gasteiger partial charge on any atom is -0.350 e. The molecule has 6 heteroatoms. The molecular formula is C7H8N4O2. The van der Waals surface area contributed by atoms with Crippen LogP contribution in [0.1, 0.15) is 10.4 Å². The van der Waals surface area contributed by atoms with Crippen LogP contribution >= 0.6 is 0 Å². The molecule has 0 saturated carbocycles. The molecule has 0 radical (unpaired) electrons. The third-order valence-corrected chi connectivity index (χ3v) is 1.24. The lowest BCUT2D eigenvalue weighted by atomic mass is 10.3. The number of hydrazine groups is 1. The summed E-state index contributed by atoms with van der Waals surface area (Å²) >= 11 is 0. The summed E-state index contributed by atoms with van der Waals surface area (Å²) in [6.07, 6.45) is 2.94. The summed E-state index contributed by atoms with van der Waals surface area (Å²) < 4.78 is 0. The molecule has 1 rings (SSSR count). The van der Waals surface area contributed by atoms with E-state index in [0.29, 0.717) is 5.56 Å². The largest absolute Gasteiger partial charge is 0.350 e. The number of nitrogens with two attached hydrogens (primary N) is 1. The van der Waals surface area contributed by atoms with Crippen LogP contribution in [-0.4, -0.2) is 16.9 Å². The third kappa shape index (κ3) is 2.78. The molecular weight excluding hydrogens is 172 g/mol. The minimum absolute atomic E-state index is 0.392. The molecule has 0 atom stereocenters. The van der Waals surface area contributed by atoms with E-state index in [-0.39, 0.29) is 0 Å². The fourth-order valence-corrected chi connectivity index (χ4v) is 0.694. The molecule has 0 aromatic carbocycles. The fourth-order valence-electron chi connectivity index (χ4n) is 0.694. The third-order valence-electron chi connectivity index (χ3n) is 1.24. The van der Waals surface area contributed by atoms with Crippen LogP contribution < -0.4 is 16.6 Å². The van der Waals surface area contributed by atoms with Crippen molar-refractivity contribution in [1.29, 1.82) is 0 Å². The maximum absolute atomic E-state index is 11.1. The first-order valence-corrected chi connectivity index (χ1v) is 3.46. The molecule has 68 valence electrons. The number of hydrogen-bond acceptors (Lipinski definition) is 3. The summed E-state index contributed by atoms with van der Waals surface area (Å²) in [5.41, 5.74) is 9.20. The molecule has 6 nitrogen and oxygen atoms in total. The van der Waals surface area contributed by atoms with Crippen LogP contribution in [-0.2, 0) is 0 Å². The molecule has 13 heavy (non-hydrogen) atoms. The van der Waals surface area contributed by atoms with Crippen LogP contribution in [0.25, 0.3) is 0 Å². The first-order chi connectivity index (χ1) is 6.20. The van der Waals surface area contributed by atoms with Gasteiger partial charge in [-0.25, -0.2) is 10.2 Å². The zero-order valence-corrected chi connectivity index (χ0v) is 6.65. The Balaban J connectivity index is 2.54. The van der Waals surface area contributed by atoms with E-state index in [1.807, 2.05) is 5.43 Å². The second-order valence-corrected chi connectivity index (χ2v) is 2.18. The highest BCUT2D eigenvalue weighted by atomic mass is 16.2. The molecule has 1 aromatic heterocycles. The molecule has 0 unspecified atom stereocenters. The van der Waals surface area contributed by atoms with Crippen molar-refractivity contribution >= 4 is 11.9 Å². The van der Waals surface area contributed by atoms with Gasteiger partial charge in [0.15, 0.2) is 0 Å². The van der Waals surface area contributed by atoms with Gasteiger partial charge in [-0.05, 0) is 12.1 Å². The quantitative estimate of drug-likeness (QED) is 0.503. The summed E-state index contributed by atoms with van der Waals surface area (Å²) in [5, 5.41) is 0. The second kappa shape index (κ2) is 4.05. The average Bonchev–Trinajstić information content (AvgIpc) is 2.15. The Morgan fingerprint density at radius 1 is 1.23 bits per heavy atom. The van der Waals surface area contributed by atoms with Gasteiger partial charge >= 0.3 is 6.03 Å². The summed E-state index contributed by atoms with van der Waals surface area (Å²) in [6.45, 7) is 0. The van der Waals surface area contributed by atoms with E-state index in [4.69, 9.17) is 5.73 Å². The lowest BCUT2D eigenvalue weighted by Crippen LogP contribution is -2.44. The number of rotatable bonds is 1. The van der Waals surface area contributed by atoms with Gasteiger partial charge in [0.2, 0.25) is 0 Å². The van der Waals surface area contributed by atoms with Crippen molar-refractivity contribution in [2.45, 2.75) is 0 Å². The molecule has 3 amide bonds. The minimum atomic E-state index is -0.817. The van der Waals surface area contributed by atoms with Crippen LogP contribution in [0.4, 0.5) is 4.79 Å². The highest BCUT2D eigenvalue weighted by Crippen LogP contribution is 1.93. The van der Waals surface area contributed by atoms with Gasteiger partial charge in [-0.3, -0.25) is 15.2 Å². The number of pyridine rings is 1. The maximum atomic E-state index is 11.1. The van der Waals surface area contributed by atoms with Gasteiger partial charge in [-0.1, -0.05) is 0 Å². The number of hydrogen-bond donors (Lipinski definition) is 3. The highest BCUT2D eigenvalue weighted by molar-refractivity contribution is 5.94. The predicted octanol–water partition coefficient (Wildman–Crippen LogP) is -0.605. The van der Waals surface area contributed by atoms with Crippen LogP contribution in [0.2, 0.25) is 0 Å². The van der Waals surface area contributed by atoms with Crippen molar-refractivity contribution in [1.82, 2.24) is 15.8 Å². The van der Waals surface area contributed by atoms with Crippen molar-refractivity contribution < 1.29 is 9.59 Å². The smallest absolute Gasteiger partial charge is 0.330 e. The van der Waals surface area contributed by atoms with Gasteiger partial charge in [0.1, 0.15) is 0 Å². The van der Waals surface area contributed by atoms with Crippen LogP contribution in [0.15, 0.2) is 24.5 Å². The molecule has 1 heterocycles.